The molecule has 0 spiro atoms. The summed E-state index contributed by atoms with van der Waals surface area (Å²) < 4.78 is 0. The molecule has 1 heterocycles. The fourth-order valence-electron chi connectivity index (χ4n) is 2.67. The first-order valence-electron chi connectivity index (χ1n) is 6.59. The maximum absolute atomic E-state index is 12.5. The molecule has 1 aliphatic heterocycles. The summed E-state index contributed by atoms with van der Waals surface area (Å²) in [4.78, 5) is 14.2. The number of benzene rings is 1. The van der Waals surface area contributed by atoms with Crippen LogP contribution in [0.25, 0.3) is 0 Å². The molecule has 0 radical (unpaired) electrons. The number of carbonyl (C=O) groups is 1. The molecule has 1 amide bonds. The molecule has 4 nitrogen and oxygen atoms in total. The van der Waals surface area contributed by atoms with Crippen LogP contribution in [0.2, 0.25) is 0 Å². The van der Waals surface area contributed by atoms with Crippen LogP contribution in [0.15, 0.2) is 24.3 Å². The molecule has 0 aromatic heterocycles. The minimum absolute atomic E-state index is 0.00908. The van der Waals surface area contributed by atoms with Gasteiger partial charge in [-0.15, -0.1) is 0 Å². The number of hydrogen-bond acceptors (Lipinski definition) is 3. The Bertz CT molecular complexity index is 507. The van der Waals surface area contributed by atoms with Gasteiger partial charge in [0.05, 0.1) is 24.3 Å². The summed E-state index contributed by atoms with van der Waals surface area (Å²) in [6, 6.07) is 8.64. The van der Waals surface area contributed by atoms with Crippen LogP contribution < -0.4 is 0 Å². The van der Waals surface area contributed by atoms with Crippen LogP contribution in [0.3, 0.4) is 0 Å². The first-order chi connectivity index (χ1) is 9.17. The van der Waals surface area contributed by atoms with Gasteiger partial charge in [-0.1, -0.05) is 13.0 Å². The first kappa shape index (κ1) is 13.6. The van der Waals surface area contributed by atoms with E-state index in [4.69, 9.17) is 5.26 Å². The monoisotopic (exact) mass is 258 g/mol. The number of piperidine rings is 1. The Balaban J connectivity index is 2.24. The lowest BCUT2D eigenvalue weighted by Crippen LogP contribution is -2.49. The van der Waals surface area contributed by atoms with Crippen LogP contribution in [0, 0.1) is 17.2 Å². The van der Waals surface area contributed by atoms with Crippen molar-refractivity contribution in [3.63, 3.8) is 0 Å². The topological polar surface area (TPSA) is 64.3 Å². The van der Waals surface area contributed by atoms with Crippen molar-refractivity contribution in [2.45, 2.75) is 25.8 Å². The minimum atomic E-state index is -0.119. The van der Waals surface area contributed by atoms with E-state index < -0.39 is 0 Å². The van der Waals surface area contributed by atoms with E-state index in [1.807, 2.05) is 6.07 Å². The quantitative estimate of drug-likeness (QED) is 0.879. The average molecular weight is 258 g/mol. The molecule has 4 heteroatoms. The van der Waals surface area contributed by atoms with Gasteiger partial charge in [0.1, 0.15) is 0 Å². The molecule has 1 aromatic carbocycles. The van der Waals surface area contributed by atoms with Gasteiger partial charge in [0.15, 0.2) is 0 Å². The molecule has 0 bridgehead atoms. The number of amides is 1. The summed E-state index contributed by atoms with van der Waals surface area (Å²) in [5.74, 6) is 0.213. The number of aliphatic hydroxyl groups excluding tert-OH is 1. The number of aliphatic hydroxyl groups is 1. The molecule has 100 valence electrons. The number of nitriles is 1. The van der Waals surface area contributed by atoms with E-state index in [0.29, 0.717) is 23.6 Å². The van der Waals surface area contributed by atoms with Crippen molar-refractivity contribution < 1.29 is 9.90 Å². The van der Waals surface area contributed by atoms with Crippen molar-refractivity contribution in [2.24, 2.45) is 5.92 Å². The lowest BCUT2D eigenvalue weighted by molar-refractivity contribution is 0.0358. The number of likely N-dealkylation sites (tertiary alicyclic amines) is 1. The Morgan fingerprint density at radius 1 is 1.58 bits per heavy atom. The molecule has 1 N–H and O–H groups in total. The van der Waals surface area contributed by atoms with E-state index >= 15 is 0 Å². The normalized spacial score (nSPS) is 22.9. The van der Waals surface area contributed by atoms with Gasteiger partial charge in [-0.2, -0.15) is 5.26 Å². The molecular weight excluding hydrogens is 240 g/mol. The van der Waals surface area contributed by atoms with Crippen molar-refractivity contribution in [3.8, 4) is 6.07 Å². The van der Waals surface area contributed by atoms with Crippen LogP contribution >= 0.6 is 0 Å². The van der Waals surface area contributed by atoms with Crippen molar-refractivity contribution in [1.82, 2.24) is 4.90 Å². The molecule has 2 rings (SSSR count). The highest BCUT2D eigenvalue weighted by atomic mass is 16.3. The van der Waals surface area contributed by atoms with E-state index in [1.54, 1.807) is 29.2 Å². The molecule has 19 heavy (non-hydrogen) atoms. The Morgan fingerprint density at radius 3 is 3.05 bits per heavy atom. The maximum atomic E-state index is 12.5. The van der Waals surface area contributed by atoms with Crippen molar-refractivity contribution in [1.29, 1.82) is 5.26 Å². The van der Waals surface area contributed by atoms with Crippen LogP contribution in [-0.2, 0) is 0 Å². The largest absolute Gasteiger partial charge is 0.394 e. The third-order valence-electron chi connectivity index (χ3n) is 3.80. The fraction of sp³-hybridized carbons (Fsp3) is 0.467. The van der Waals surface area contributed by atoms with Crippen LogP contribution in [-0.4, -0.2) is 35.1 Å². The second kappa shape index (κ2) is 5.85. The summed E-state index contributed by atoms with van der Waals surface area (Å²) in [6.07, 6.45) is 1.99. The first-order valence-corrected chi connectivity index (χ1v) is 6.59. The van der Waals surface area contributed by atoms with Gasteiger partial charge in [-0.3, -0.25) is 4.79 Å². The van der Waals surface area contributed by atoms with Gasteiger partial charge < -0.3 is 10.0 Å². The summed E-state index contributed by atoms with van der Waals surface area (Å²) in [7, 11) is 0. The smallest absolute Gasteiger partial charge is 0.254 e. The summed E-state index contributed by atoms with van der Waals surface area (Å²) >= 11 is 0. The molecule has 2 atom stereocenters. The maximum Gasteiger partial charge on any atom is 0.254 e. The molecule has 1 fully saturated rings. The number of hydrogen-bond donors (Lipinski definition) is 1. The molecule has 1 aromatic rings. The van der Waals surface area contributed by atoms with Gasteiger partial charge in [0.25, 0.3) is 5.91 Å². The SMILES string of the molecule is CC1CCCN(C(=O)c2cccc(C#N)c2)C1CO. The van der Waals surface area contributed by atoms with Crippen LogP contribution in [0.5, 0.6) is 0 Å². The van der Waals surface area contributed by atoms with E-state index in [0.717, 1.165) is 12.8 Å². The molecule has 0 saturated carbocycles. The third kappa shape index (κ3) is 2.77. The zero-order valence-corrected chi connectivity index (χ0v) is 11.0. The van der Waals surface area contributed by atoms with E-state index in [1.165, 1.54) is 0 Å². The van der Waals surface area contributed by atoms with Gasteiger partial charge in [0.2, 0.25) is 0 Å². The Morgan fingerprint density at radius 2 is 2.37 bits per heavy atom. The highest BCUT2D eigenvalue weighted by molar-refractivity contribution is 5.94. The van der Waals surface area contributed by atoms with E-state index in [2.05, 4.69) is 6.92 Å². The average Bonchev–Trinajstić information content (AvgIpc) is 2.46. The highest BCUT2D eigenvalue weighted by Gasteiger charge is 2.31. The lowest BCUT2D eigenvalue weighted by atomic mass is 9.90. The molecule has 1 aliphatic rings. The lowest BCUT2D eigenvalue weighted by Gasteiger charge is -2.39. The summed E-state index contributed by atoms with van der Waals surface area (Å²) in [6.45, 7) is 2.72. The highest BCUT2D eigenvalue weighted by Crippen LogP contribution is 2.24. The predicted molar refractivity (Wildman–Crippen MR) is 71.5 cm³/mol. The van der Waals surface area contributed by atoms with E-state index in [9.17, 15) is 9.90 Å². The third-order valence-corrected chi connectivity index (χ3v) is 3.80. The summed E-state index contributed by atoms with van der Waals surface area (Å²) in [5.41, 5.74) is 1.00. The molecule has 2 unspecified atom stereocenters. The molecular formula is C15H18N2O2. The second-order valence-corrected chi connectivity index (χ2v) is 5.06. The minimum Gasteiger partial charge on any atom is -0.394 e. The van der Waals surface area contributed by atoms with E-state index in [-0.39, 0.29) is 18.6 Å². The number of rotatable bonds is 2. The van der Waals surface area contributed by atoms with Crippen molar-refractivity contribution >= 4 is 5.91 Å². The van der Waals surface area contributed by atoms with Gasteiger partial charge >= 0.3 is 0 Å². The zero-order valence-electron chi connectivity index (χ0n) is 11.0. The standard InChI is InChI=1S/C15H18N2O2/c1-11-4-3-7-17(14(11)10-18)15(19)13-6-2-5-12(8-13)9-16/h2,5-6,8,11,14,18H,3-4,7,10H2,1H3. The van der Waals surface area contributed by atoms with Crippen molar-refractivity contribution in [3.05, 3.63) is 35.4 Å². The number of nitrogens with zero attached hydrogens (tertiary/aromatic N) is 2. The fourth-order valence-corrected chi connectivity index (χ4v) is 2.67. The van der Waals surface area contributed by atoms with Gasteiger partial charge in [0, 0.05) is 12.1 Å². The van der Waals surface area contributed by atoms with Crippen LogP contribution in [0.4, 0.5) is 0 Å². The van der Waals surface area contributed by atoms with Gasteiger partial charge in [-0.25, -0.2) is 0 Å². The van der Waals surface area contributed by atoms with Crippen molar-refractivity contribution in [2.75, 3.05) is 13.2 Å². The zero-order chi connectivity index (χ0) is 13.8. The predicted octanol–water partition coefficient (Wildman–Crippen LogP) is 1.79. The Hall–Kier alpha value is -1.86. The summed E-state index contributed by atoms with van der Waals surface area (Å²) in [5, 5.41) is 18.4. The van der Waals surface area contributed by atoms with Gasteiger partial charge in [-0.05, 0) is 37.0 Å². The Kier molecular flexibility index (Phi) is 4.18. The number of carbonyl (C=O) groups excluding carboxylic acids is 1. The van der Waals surface area contributed by atoms with Crippen LogP contribution in [0.1, 0.15) is 35.7 Å². The Labute approximate surface area is 113 Å². The molecule has 1 saturated heterocycles. The second-order valence-electron chi connectivity index (χ2n) is 5.06. The molecule has 0 aliphatic carbocycles.